The maximum Gasteiger partial charge on any atom is 0.511 e. The van der Waals surface area contributed by atoms with Crippen molar-refractivity contribution in [3.8, 4) is 11.5 Å². The second-order valence-corrected chi connectivity index (χ2v) is 7.83. The minimum absolute atomic E-state index is 0. The van der Waals surface area contributed by atoms with E-state index >= 15 is 0 Å². The smallest absolute Gasteiger partial charge is 0.423 e. The number of carbonyl (C=O) groups is 1. The van der Waals surface area contributed by atoms with Gasteiger partial charge in [-0.3, -0.25) is 4.89 Å². The molecule has 2 radical (unpaired) electrons. The summed E-state index contributed by atoms with van der Waals surface area (Å²) in [6, 6.07) is 20.7. The lowest BCUT2D eigenvalue weighted by atomic mass is 10.0. The van der Waals surface area contributed by atoms with Gasteiger partial charge in [-0.15, -0.1) is 0 Å². The lowest BCUT2D eigenvalue weighted by molar-refractivity contribution is -0.617. The summed E-state index contributed by atoms with van der Waals surface area (Å²) >= 11 is 0. The summed E-state index contributed by atoms with van der Waals surface area (Å²) in [5.41, 5.74) is 1.81. The number of phosphoric ester groups is 1. The van der Waals surface area contributed by atoms with Crippen molar-refractivity contribution in [3.63, 3.8) is 0 Å². The highest BCUT2D eigenvalue weighted by Crippen LogP contribution is 2.43. The Morgan fingerprint density at radius 2 is 1.58 bits per heavy atom. The van der Waals surface area contributed by atoms with Crippen LogP contribution in [0.4, 0.5) is 0 Å². The van der Waals surface area contributed by atoms with Crippen LogP contribution in [0, 0.1) is 0 Å². The monoisotopic (exact) mass is 436 g/mol. The van der Waals surface area contributed by atoms with Crippen molar-refractivity contribution in [1.29, 1.82) is 0 Å². The number of carbonyl (C=O) groups excluding carboxylic acids is 1. The Hall–Kier alpha value is -3.19. The van der Waals surface area contributed by atoms with E-state index in [2.05, 4.69) is 4.44 Å². The van der Waals surface area contributed by atoms with Crippen LogP contribution in [-0.2, 0) is 16.1 Å². The maximum atomic E-state index is 13.2. The summed E-state index contributed by atoms with van der Waals surface area (Å²) in [5.74, 6) is -0.151. The number of phosphoric acid groups is 1. The molecule has 1 N–H and O–H groups in total. The van der Waals surface area contributed by atoms with Crippen LogP contribution >= 0.6 is 7.82 Å². The van der Waals surface area contributed by atoms with Gasteiger partial charge in [0.1, 0.15) is 18.5 Å². The van der Waals surface area contributed by atoms with Gasteiger partial charge in [0.25, 0.3) is 0 Å². The fraction of sp³-hybridized carbons (Fsp3) is 0.0909. The summed E-state index contributed by atoms with van der Waals surface area (Å²) in [4.78, 5) is 22.7. The van der Waals surface area contributed by atoms with E-state index < -0.39 is 13.8 Å². The second-order valence-electron chi connectivity index (χ2n) is 6.50. The fourth-order valence-corrected chi connectivity index (χ4v) is 3.76. The standard InChI is InChI=1S/C21H15BNO6P.CH4/c1-23-18-10-6-5-9-16(18)20(21(24)27-14-7-3-2-4-8-14)17-13-15(11-12-19(17)23)28-30(25,26)29-22;/h2-13H,1H3;1H4/p+1. The lowest BCUT2D eigenvalue weighted by Gasteiger charge is -2.13. The molecule has 0 aliphatic rings. The van der Waals surface area contributed by atoms with E-state index in [9.17, 15) is 14.3 Å². The predicted octanol–water partition coefficient (Wildman–Crippen LogP) is 4.25. The molecule has 0 fully saturated rings. The molecule has 1 heterocycles. The zero-order valence-corrected chi connectivity index (χ0v) is 16.8. The zero-order valence-electron chi connectivity index (χ0n) is 15.9. The first-order valence-corrected chi connectivity index (χ1v) is 10.4. The molecule has 1 aromatic heterocycles. The molecule has 1 atom stereocenters. The van der Waals surface area contributed by atoms with Gasteiger partial charge in [0.2, 0.25) is 11.0 Å². The van der Waals surface area contributed by atoms with Gasteiger partial charge in [0, 0.05) is 12.1 Å². The lowest BCUT2D eigenvalue weighted by Crippen LogP contribution is -2.31. The van der Waals surface area contributed by atoms with Crippen LogP contribution < -0.4 is 13.8 Å². The minimum Gasteiger partial charge on any atom is -0.423 e. The summed E-state index contributed by atoms with van der Waals surface area (Å²) in [6.45, 7) is 0. The van der Waals surface area contributed by atoms with Crippen LogP contribution in [0.15, 0.2) is 72.8 Å². The number of para-hydroxylation sites is 2. The highest BCUT2D eigenvalue weighted by Gasteiger charge is 2.26. The summed E-state index contributed by atoms with van der Waals surface area (Å²) in [5, 5.41) is 1.14. The number of hydrogen-bond donors (Lipinski definition) is 1. The molecule has 0 amide bonds. The van der Waals surface area contributed by atoms with Crippen molar-refractivity contribution < 1.29 is 32.5 Å². The largest absolute Gasteiger partial charge is 0.511 e. The summed E-state index contributed by atoms with van der Waals surface area (Å²) in [6.07, 6.45) is 0. The first kappa shape index (κ1) is 22.5. The van der Waals surface area contributed by atoms with E-state index in [1.165, 1.54) is 12.1 Å². The molecule has 4 aromatic rings. The normalized spacial score (nSPS) is 12.7. The number of rotatable bonds is 5. The number of hydrogen-bond acceptors (Lipinski definition) is 5. The first-order valence-electron chi connectivity index (χ1n) is 8.92. The van der Waals surface area contributed by atoms with E-state index in [4.69, 9.17) is 17.3 Å². The molecule has 0 aliphatic heterocycles. The van der Waals surface area contributed by atoms with E-state index in [0.29, 0.717) is 27.6 Å². The molecule has 0 saturated carbocycles. The Morgan fingerprint density at radius 1 is 0.935 bits per heavy atom. The molecule has 0 saturated heterocycles. The molecule has 9 heteroatoms. The van der Waals surface area contributed by atoms with Gasteiger partial charge in [-0.05, 0) is 30.3 Å². The topological polar surface area (TPSA) is 85.9 Å². The number of pyridine rings is 1. The molecule has 3 aromatic carbocycles. The van der Waals surface area contributed by atoms with Crippen molar-refractivity contribution in [1.82, 2.24) is 0 Å². The van der Waals surface area contributed by atoms with Gasteiger partial charge in [-0.25, -0.2) is 9.36 Å². The van der Waals surface area contributed by atoms with Gasteiger partial charge in [-0.2, -0.15) is 4.57 Å². The van der Waals surface area contributed by atoms with Gasteiger partial charge in [-0.1, -0.05) is 37.8 Å². The molecule has 1 unspecified atom stereocenters. The fourth-order valence-electron chi connectivity index (χ4n) is 3.34. The van der Waals surface area contributed by atoms with Gasteiger partial charge >= 0.3 is 21.8 Å². The highest BCUT2D eigenvalue weighted by atomic mass is 31.2. The third-order valence-corrected chi connectivity index (χ3v) is 5.35. The van der Waals surface area contributed by atoms with E-state index in [0.717, 1.165) is 5.52 Å². The molecule has 0 bridgehead atoms. The SMILES string of the molecule is C.[B]OP(=O)(O)Oc1ccc2c(c1)c(C(=O)Oc1ccccc1)c1ccccc1[n+]2C. The van der Waals surface area contributed by atoms with Crippen LogP contribution in [0.3, 0.4) is 0 Å². The molecule has 7 nitrogen and oxygen atoms in total. The molecule has 156 valence electrons. The van der Waals surface area contributed by atoms with E-state index in [1.54, 1.807) is 30.3 Å². The molecule has 0 aliphatic carbocycles. The number of esters is 1. The Morgan fingerprint density at radius 3 is 2.29 bits per heavy atom. The number of aromatic nitrogens is 1. The van der Waals surface area contributed by atoms with Gasteiger partial charge in [0.15, 0.2) is 0 Å². The summed E-state index contributed by atoms with van der Waals surface area (Å²) < 4.78 is 28.2. The average Bonchev–Trinajstić information content (AvgIpc) is 2.74. The van der Waals surface area contributed by atoms with Gasteiger partial charge in [0.05, 0.1) is 16.3 Å². The van der Waals surface area contributed by atoms with Gasteiger partial charge < -0.3 is 13.7 Å². The van der Waals surface area contributed by atoms with Crippen molar-refractivity contribution in [3.05, 3.63) is 78.4 Å². The van der Waals surface area contributed by atoms with E-state index in [1.807, 2.05) is 41.9 Å². The third kappa shape index (κ3) is 4.46. The highest BCUT2D eigenvalue weighted by molar-refractivity contribution is 7.48. The van der Waals surface area contributed by atoms with Crippen LogP contribution in [0.25, 0.3) is 21.8 Å². The number of benzene rings is 3. The van der Waals surface area contributed by atoms with Crippen molar-refractivity contribution in [2.75, 3.05) is 0 Å². The van der Waals surface area contributed by atoms with E-state index in [-0.39, 0.29) is 13.2 Å². The number of aryl methyl sites for hydroxylation is 1. The molecule has 31 heavy (non-hydrogen) atoms. The minimum atomic E-state index is -4.47. The van der Waals surface area contributed by atoms with Crippen molar-refractivity contribution in [2.45, 2.75) is 7.43 Å². The third-order valence-electron chi connectivity index (χ3n) is 4.65. The number of fused-ring (bicyclic) bond motifs is 2. The Balaban J connectivity index is 0.00000272. The molecule has 4 rings (SSSR count). The van der Waals surface area contributed by atoms with Crippen LogP contribution in [0.2, 0.25) is 0 Å². The van der Waals surface area contributed by atoms with Crippen LogP contribution in [0.5, 0.6) is 11.5 Å². The predicted molar refractivity (Wildman–Crippen MR) is 118 cm³/mol. The summed E-state index contributed by atoms with van der Waals surface area (Å²) in [7, 11) is 2.20. The molecular formula is C22H20BNO6P+. The van der Waals surface area contributed by atoms with Crippen LogP contribution in [0.1, 0.15) is 17.8 Å². The zero-order chi connectivity index (χ0) is 21.3. The Labute approximate surface area is 180 Å². The molecular weight excluding hydrogens is 416 g/mol. The molecule has 0 spiro atoms. The number of ether oxygens (including phenoxy) is 1. The number of nitrogens with zero attached hydrogens (tertiary/aromatic N) is 1. The van der Waals surface area contributed by atoms with Crippen LogP contribution in [-0.4, -0.2) is 18.9 Å². The maximum absolute atomic E-state index is 13.2. The second kappa shape index (κ2) is 8.90. The Bertz CT molecular complexity index is 1310. The average molecular weight is 436 g/mol. The van der Waals surface area contributed by atoms with Crippen molar-refractivity contribution >= 4 is 43.6 Å². The Kier molecular flexibility index (Phi) is 6.46. The van der Waals surface area contributed by atoms with Crippen molar-refractivity contribution in [2.24, 2.45) is 7.05 Å². The first-order chi connectivity index (χ1) is 14.4. The quantitative estimate of drug-likeness (QED) is 0.126.